The average molecular weight is 217 g/mol. The van der Waals surface area contributed by atoms with E-state index in [9.17, 15) is 4.79 Å². The Balaban J connectivity index is 2.69. The van der Waals surface area contributed by atoms with Crippen molar-refractivity contribution in [3.05, 3.63) is 40.4 Å². The fraction of sp³-hybridized carbons (Fsp3) is 0.333. The molecule has 1 aromatic heterocycles. The summed E-state index contributed by atoms with van der Waals surface area (Å²) in [6, 6.07) is 7.26. The van der Waals surface area contributed by atoms with Gasteiger partial charge in [0, 0.05) is 6.42 Å². The van der Waals surface area contributed by atoms with Crippen molar-refractivity contribution in [1.29, 1.82) is 0 Å². The van der Waals surface area contributed by atoms with Gasteiger partial charge in [-0.3, -0.25) is 4.79 Å². The van der Waals surface area contributed by atoms with E-state index in [2.05, 4.69) is 18.8 Å². The fourth-order valence-electron chi connectivity index (χ4n) is 1.70. The van der Waals surface area contributed by atoms with E-state index in [-0.39, 0.29) is 5.56 Å². The highest BCUT2D eigenvalue weighted by atomic mass is 16.1. The predicted octanol–water partition coefficient (Wildman–Crippen LogP) is 1.31. The summed E-state index contributed by atoms with van der Waals surface area (Å²) in [5.74, 6) is 6.80. The molecule has 4 heteroatoms. The van der Waals surface area contributed by atoms with Gasteiger partial charge in [0.2, 0.25) is 0 Å². The van der Waals surface area contributed by atoms with Crippen molar-refractivity contribution in [2.75, 3.05) is 5.84 Å². The number of nitrogen functional groups attached to an aromatic ring is 1. The second-order valence-corrected chi connectivity index (χ2v) is 4.32. The van der Waals surface area contributed by atoms with Gasteiger partial charge in [-0.2, -0.15) is 0 Å². The van der Waals surface area contributed by atoms with Gasteiger partial charge < -0.3 is 5.84 Å². The van der Waals surface area contributed by atoms with E-state index in [4.69, 9.17) is 5.84 Å². The minimum Gasteiger partial charge on any atom is -0.335 e. The zero-order valence-corrected chi connectivity index (χ0v) is 9.47. The topological polar surface area (TPSA) is 60.9 Å². The molecule has 0 aliphatic rings. The number of nitrogens with zero attached hydrogens (tertiary/aromatic N) is 2. The Labute approximate surface area is 93.7 Å². The van der Waals surface area contributed by atoms with Crippen LogP contribution < -0.4 is 11.4 Å². The zero-order chi connectivity index (χ0) is 11.7. The van der Waals surface area contributed by atoms with Gasteiger partial charge in [-0.1, -0.05) is 26.0 Å². The highest BCUT2D eigenvalue weighted by Gasteiger charge is 2.09. The molecular weight excluding hydrogens is 202 g/mol. The monoisotopic (exact) mass is 217 g/mol. The lowest BCUT2D eigenvalue weighted by molar-refractivity contribution is 0.599. The fourth-order valence-corrected chi connectivity index (χ4v) is 1.70. The molecular formula is C12H15N3O. The van der Waals surface area contributed by atoms with Crippen LogP contribution in [0.5, 0.6) is 0 Å². The number of para-hydroxylation sites is 1. The van der Waals surface area contributed by atoms with Crippen molar-refractivity contribution in [3.8, 4) is 0 Å². The molecule has 2 rings (SSSR count). The first-order valence-electron chi connectivity index (χ1n) is 5.35. The van der Waals surface area contributed by atoms with Crippen LogP contribution in [0.2, 0.25) is 0 Å². The quantitative estimate of drug-likeness (QED) is 0.771. The molecule has 0 saturated heterocycles. The summed E-state index contributed by atoms with van der Waals surface area (Å²) in [6.07, 6.45) is 0.705. The number of aromatic nitrogens is 2. The second kappa shape index (κ2) is 3.96. The summed E-state index contributed by atoms with van der Waals surface area (Å²) in [4.78, 5) is 16.3. The molecule has 2 N–H and O–H groups in total. The Morgan fingerprint density at radius 3 is 2.75 bits per heavy atom. The molecule has 16 heavy (non-hydrogen) atoms. The summed E-state index contributed by atoms with van der Waals surface area (Å²) in [6.45, 7) is 4.14. The van der Waals surface area contributed by atoms with Crippen LogP contribution in [0, 0.1) is 5.92 Å². The van der Waals surface area contributed by atoms with E-state index >= 15 is 0 Å². The van der Waals surface area contributed by atoms with Crippen LogP contribution in [0.3, 0.4) is 0 Å². The van der Waals surface area contributed by atoms with Crippen LogP contribution >= 0.6 is 0 Å². The van der Waals surface area contributed by atoms with E-state index in [0.29, 0.717) is 29.1 Å². The maximum absolute atomic E-state index is 11.9. The first-order chi connectivity index (χ1) is 7.59. The third-order valence-electron chi connectivity index (χ3n) is 2.47. The highest BCUT2D eigenvalue weighted by Crippen LogP contribution is 2.09. The van der Waals surface area contributed by atoms with Gasteiger partial charge in [0.1, 0.15) is 5.82 Å². The molecule has 0 aliphatic carbocycles. The molecule has 0 bridgehead atoms. The molecule has 0 fully saturated rings. The van der Waals surface area contributed by atoms with E-state index in [1.54, 1.807) is 6.07 Å². The average Bonchev–Trinajstić information content (AvgIpc) is 2.25. The minimum absolute atomic E-state index is 0.179. The normalized spacial score (nSPS) is 11.2. The van der Waals surface area contributed by atoms with Crippen LogP contribution in [0.15, 0.2) is 29.1 Å². The van der Waals surface area contributed by atoms with Crippen LogP contribution in [0.4, 0.5) is 0 Å². The van der Waals surface area contributed by atoms with Crippen molar-refractivity contribution < 1.29 is 0 Å². The van der Waals surface area contributed by atoms with Gasteiger partial charge in [-0.15, -0.1) is 0 Å². The van der Waals surface area contributed by atoms with Crippen molar-refractivity contribution >= 4 is 10.9 Å². The van der Waals surface area contributed by atoms with Gasteiger partial charge in [0.25, 0.3) is 5.56 Å². The largest absolute Gasteiger partial charge is 0.335 e. The third-order valence-corrected chi connectivity index (χ3v) is 2.47. The van der Waals surface area contributed by atoms with E-state index in [1.165, 1.54) is 0 Å². The lowest BCUT2D eigenvalue weighted by Gasteiger charge is -2.10. The first kappa shape index (κ1) is 10.7. The van der Waals surface area contributed by atoms with Crippen LogP contribution in [-0.4, -0.2) is 9.66 Å². The van der Waals surface area contributed by atoms with Gasteiger partial charge in [-0.05, 0) is 18.1 Å². The lowest BCUT2D eigenvalue weighted by Crippen LogP contribution is -2.32. The molecule has 0 unspecified atom stereocenters. The van der Waals surface area contributed by atoms with Crippen LogP contribution in [0.1, 0.15) is 19.7 Å². The number of hydrogen-bond acceptors (Lipinski definition) is 3. The van der Waals surface area contributed by atoms with Crippen molar-refractivity contribution in [2.24, 2.45) is 5.92 Å². The number of rotatable bonds is 2. The molecule has 0 aliphatic heterocycles. The molecule has 4 nitrogen and oxygen atoms in total. The Morgan fingerprint density at radius 1 is 1.38 bits per heavy atom. The lowest BCUT2D eigenvalue weighted by atomic mass is 10.1. The second-order valence-electron chi connectivity index (χ2n) is 4.32. The van der Waals surface area contributed by atoms with Crippen LogP contribution in [-0.2, 0) is 6.42 Å². The molecule has 0 saturated carbocycles. The molecule has 84 valence electrons. The third kappa shape index (κ3) is 1.78. The molecule has 1 aromatic carbocycles. The first-order valence-corrected chi connectivity index (χ1v) is 5.35. The Hall–Kier alpha value is -1.84. The molecule has 0 spiro atoms. The summed E-state index contributed by atoms with van der Waals surface area (Å²) in [7, 11) is 0. The molecule has 0 radical (unpaired) electrons. The standard InChI is InChI=1S/C12H15N3O/c1-8(2)7-11-14-10-6-4-3-5-9(10)12(16)15(11)13/h3-6,8H,7,13H2,1-2H3. The van der Waals surface area contributed by atoms with Gasteiger partial charge in [0.05, 0.1) is 10.9 Å². The van der Waals surface area contributed by atoms with Crippen LogP contribution in [0.25, 0.3) is 10.9 Å². The molecule has 2 aromatic rings. The Bertz CT molecular complexity index is 572. The summed E-state index contributed by atoms with van der Waals surface area (Å²) < 4.78 is 1.16. The summed E-state index contributed by atoms with van der Waals surface area (Å²) in [5.41, 5.74) is 0.533. The molecule has 0 amide bonds. The van der Waals surface area contributed by atoms with E-state index in [0.717, 1.165) is 4.68 Å². The Kier molecular flexibility index (Phi) is 2.64. The SMILES string of the molecule is CC(C)Cc1nc2ccccc2c(=O)n1N. The maximum Gasteiger partial charge on any atom is 0.279 e. The number of benzene rings is 1. The van der Waals surface area contributed by atoms with E-state index < -0.39 is 0 Å². The zero-order valence-electron chi connectivity index (χ0n) is 9.47. The van der Waals surface area contributed by atoms with Crippen molar-refractivity contribution in [1.82, 2.24) is 9.66 Å². The van der Waals surface area contributed by atoms with Gasteiger partial charge in [-0.25, -0.2) is 9.66 Å². The highest BCUT2D eigenvalue weighted by molar-refractivity contribution is 5.77. The number of hydrogen-bond donors (Lipinski definition) is 1. The van der Waals surface area contributed by atoms with Crippen molar-refractivity contribution in [3.63, 3.8) is 0 Å². The van der Waals surface area contributed by atoms with Crippen molar-refractivity contribution in [2.45, 2.75) is 20.3 Å². The summed E-state index contributed by atoms with van der Waals surface area (Å²) >= 11 is 0. The molecule has 0 atom stereocenters. The predicted molar refractivity (Wildman–Crippen MR) is 64.7 cm³/mol. The number of fused-ring (bicyclic) bond motifs is 1. The van der Waals surface area contributed by atoms with Gasteiger partial charge >= 0.3 is 0 Å². The maximum atomic E-state index is 11.9. The summed E-state index contributed by atoms with van der Waals surface area (Å²) in [5, 5.41) is 0.567. The Morgan fingerprint density at radius 2 is 2.06 bits per heavy atom. The van der Waals surface area contributed by atoms with E-state index in [1.807, 2.05) is 18.2 Å². The minimum atomic E-state index is -0.179. The smallest absolute Gasteiger partial charge is 0.279 e. The number of nitrogens with two attached hydrogens (primary N) is 1. The molecule has 1 heterocycles. The van der Waals surface area contributed by atoms with Gasteiger partial charge in [0.15, 0.2) is 0 Å².